The summed E-state index contributed by atoms with van der Waals surface area (Å²) in [5.74, 6) is 0.919. The first-order valence-electron chi connectivity index (χ1n) is 6.44. The van der Waals surface area contributed by atoms with Crippen LogP contribution < -0.4 is 20.7 Å². The van der Waals surface area contributed by atoms with Gasteiger partial charge in [0.2, 0.25) is 11.8 Å². The van der Waals surface area contributed by atoms with E-state index < -0.39 is 0 Å². The van der Waals surface area contributed by atoms with Crippen LogP contribution in [0.25, 0.3) is 0 Å². The Kier molecular flexibility index (Phi) is 6.58. The molecule has 0 atom stereocenters. The van der Waals surface area contributed by atoms with E-state index in [0.29, 0.717) is 37.1 Å². The Morgan fingerprint density at radius 2 is 2.25 bits per heavy atom. The summed E-state index contributed by atoms with van der Waals surface area (Å²) in [6.45, 7) is 3.53. The van der Waals surface area contributed by atoms with Crippen molar-refractivity contribution in [3.63, 3.8) is 0 Å². The van der Waals surface area contributed by atoms with Gasteiger partial charge in [0.25, 0.3) is 0 Å². The molecule has 3 N–H and O–H groups in total. The number of ether oxygens (including phenoxy) is 2. The van der Waals surface area contributed by atoms with Crippen molar-refractivity contribution in [3.8, 4) is 5.88 Å². The molecular weight excluding hydrogens is 260 g/mol. The largest absolute Gasteiger partial charge is 0.476 e. The lowest BCUT2D eigenvalue weighted by molar-refractivity contribution is -0.119. The predicted molar refractivity (Wildman–Crippen MR) is 78.0 cm³/mol. The highest BCUT2D eigenvalue weighted by atomic mass is 16.5. The lowest BCUT2D eigenvalue weighted by Crippen LogP contribution is -2.37. The molecule has 20 heavy (non-hydrogen) atoms. The molecular formula is C13H22N4O3. The number of amides is 1. The van der Waals surface area contributed by atoms with Gasteiger partial charge in [-0.25, -0.2) is 0 Å². The SMILES string of the molecule is CCOc1nc(N(C)CC(=O)NCCOC)ccc1N. The maximum absolute atomic E-state index is 11.7. The van der Waals surface area contributed by atoms with Crippen molar-refractivity contribution in [1.29, 1.82) is 0 Å². The molecule has 7 heteroatoms. The number of nitrogens with one attached hydrogen (secondary N) is 1. The minimum absolute atomic E-state index is 0.0962. The molecule has 0 saturated heterocycles. The first kappa shape index (κ1) is 16.0. The number of nitrogens with zero attached hydrogens (tertiary/aromatic N) is 2. The first-order chi connectivity index (χ1) is 9.58. The van der Waals surface area contributed by atoms with Crippen LogP contribution >= 0.6 is 0 Å². The van der Waals surface area contributed by atoms with Gasteiger partial charge >= 0.3 is 0 Å². The number of methoxy groups -OCH3 is 1. The van der Waals surface area contributed by atoms with E-state index in [9.17, 15) is 4.79 Å². The molecule has 0 bridgehead atoms. The lowest BCUT2D eigenvalue weighted by Gasteiger charge is -2.18. The fourth-order valence-electron chi connectivity index (χ4n) is 1.55. The number of anilines is 2. The number of hydrogen-bond donors (Lipinski definition) is 2. The number of pyridine rings is 1. The average molecular weight is 282 g/mol. The second-order valence-electron chi connectivity index (χ2n) is 4.20. The standard InChI is InChI=1S/C13H22N4O3/c1-4-20-13-10(14)5-6-11(16-13)17(2)9-12(18)15-7-8-19-3/h5-6H,4,7-9,14H2,1-3H3,(H,15,18). The number of hydrogen-bond acceptors (Lipinski definition) is 6. The van der Waals surface area contributed by atoms with Crippen LogP contribution in [0.15, 0.2) is 12.1 Å². The van der Waals surface area contributed by atoms with E-state index in [0.717, 1.165) is 0 Å². The zero-order valence-corrected chi connectivity index (χ0v) is 12.2. The van der Waals surface area contributed by atoms with Crippen LogP contribution in [0.2, 0.25) is 0 Å². The molecule has 1 aromatic heterocycles. The molecule has 0 saturated carbocycles. The van der Waals surface area contributed by atoms with Gasteiger partial charge in [0.05, 0.1) is 25.4 Å². The van der Waals surface area contributed by atoms with Gasteiger partial charge in [-0.3, -0.25) is 4.79 Å². The van der Waals surface area contributed by atoms with Crippen molar-refractivity contribution in [2.75, 3.05) is 51.1 Å². The summed E-state index contributed by atoms with van der Waals surface area (Å²) in [5, 5.41) is 2.75. The zero-order chi connectivity index (χ0) is 15.0. The van der Waals surface area contributed by atoms with Crippen LogP contribution in [-0.2, 0) is 9.53 Å². The van der Waals surface area contributed by atoms with Crippen molar-refractivity contribution in [2.45, 2.75) is 6.92 Å². The maximum Gasteiger partial charge on any atom is 0.239 e. The molecule has 0 aromatic carbocycles. The Balaban J connectivity index is 2.60. The van der Waals surface area contributed by atoms with Gasteiger partial charge in [0.15, 0.2) is 0 Å². The Labute approximate surface area is 119 Å². The topological polar surface area (TPSA) is 89.7 Å². The molecule has 0 aliphatic heterocycles. The summed E-state index contributed by atoms with van der Waals surface area (Å²) in [5.41, 5.74) is 6.24. The molecule has 0 aliphatic carbocycles. The Bertz CT molecular complexity index is 440. The highest BCUT2D eigenvalue weighted by molar-refractivity contribution is 5.80. The quantitative estimate of drug-likeness (QED) is 0.665. The van der Waals surface area contributed by atoms with Gasteiger partial charge in [0, 0.05) is 20.7 Å². The van der Waals surface area contributed by atoms with E-state index in [2.05, 4.69) is 10.3 Å². The monoisotopic (exact) mass is 282 g/mol. The fourth-order valence-corrected chi connectivity index (χ4v) is 1.55. The predicted octanol–water partition coefficient (Wildman–Crippen LogP) is 0.261. The Morgan fingerprint density at radius 3 is 2.90 bits per heavy atom. The van der Waals surface area contributed by atoms with E-state index in [1.54, 1.807) is 31.2 Å². The second-order valence-corrected chi connectivity index (χ2v) is 4.20. The third-order valence-electron chi connectivity index (χ3n) is 2.56. The number of aromatic nitrogens is 1. The summed E-state index contributed by atoms with van der Waals surface area (Å²) in [4.78, 5) is 17.7. The summed E-state index contributed by atoms with van der Waals surface area (Å²) in [6.07, 6.45) is 0. The molecule has 1 aromatic rings. The van der Waals surface area contributed by atoms with E-state index >= 15 is 0 Å². The van der Waals surface area contributed by atoms with Gasteiger partial charge in [-0.2, -0.15) is 4.98 Å². The van der Waals surface area contributed by atoms with Crippen LogP contribution in [-0.4, -0.2) is 51.4 Å². The minimum Gasteiger partial charge on any atom is -0.476 e. The molecule has 1 rings (SSSR count). The van der Waals surface area contributed by atoms with Crippen LogP contribution in [0.3, 0.4) is 0 Å². The molecule has 112 valence electrons. The third-order valence-corrected chi connectivity index (χ3v) is 2.56. The maximum atomic E-state index is 11.7. The van der Waals surface area contributed by atoms with Gasteiger partial charge in [-0.15, -0.1) is 0 Å². The van der Waals surface area contributed by atoms with Crippen LogP contribution in [0, 0.1) is 0 Å². The van der Waals surface area contributed by atoms with Crippen LogP contribution in [0.1, 0.15) is 6.92 Å². The number of carbonyl (C=O) groups excluding carboxylic acids is 1. The minimum atomic E-state index is -0.0962. The van der Waals surface area contributed by atoms with Gasteiger partial charge in [-0.05, 0) is 19.1 Å². The Hall–Kier alpha value is -2.02. The Morgan fingerprint density at radius 1 is 1.50 bits per heavy atom. The lowest BCUT2D eigenvalue weighted by atomic mass is 10.3. The fraction of sp³-hybridized carbons (Fsp3) is 0.538. The molecule has 7 nitrogen and oxygen atoms in total. The smallest absolute Gasteiger partial charge is 0.239 e. The van der Waals surface area contributed by atoms with E-state index in [1.807, 2.05) is 6.92 Å². The van der Waals surface area contributed by atoms with Gasteiger partial charge in [0.1, 0.15) is 5.82 Å². The molecule has 0 spiro atoms. The van der Waals surface area contributed by atoms with Crippen molar-refractivity contribution in [3.05, 3.63) is 12.1 Å². The summed E-state index contributed by atoms with van der Waals surface area (Å²) >= 11 is 0. The number of nitrogens with two attached hydrogens (primary N) is 1. The van der Waals surface area contributed by atoms with Gasteiger partial charge < -0.3 is 25.4 Å². The summed E-state index contributed by atoms with van der Waals surface area (Å²) in [7, 11) is 3.37. The molecule has 0 unspecified atom stereocenters. The molecule has 0 fully saturated rings. The van der Waals surface area contributed by atoms with Crippen LogP contribution in [0.4, 0.5) is 11.5 Å². The van der Waals surface area contributed by atoms with Crippen molar-refractivity contribution >= 4 is 17.4 Å². The third kappa shape index (κ3) is 4.93. The first-order valence-corrected chi connectivity index (χ1v) is 6.44. The molecule has 1 amide bonds. The zero-order valence-electron chi connectivity index (χ0n) is 12.2. The highest BCUT2D eigenvalue weighted by Gasteiger charge is 2.11. The van der Waals surface area contributed by atoms with E-state index in [1.165, 1.54) is 0 Å². The summed E-state index contributed by atoms with van der Waals surface area (Å²) in [6, 6.07) is 3.47. The molecule has 1 heterocycles. The van der Waals surface area contributed by atoms with Crippen molar-refractivity contribution in [1.82, 2.24) is 10.3 Å². The average Bonchev–Trinajstić information content (AvgIpc) is 2.41. The second kappa shape index (κ2) is 8.21. The van der Waals surface area contributed by atoms with Gasteiger partial charge in [-0.1, -0.05) is 0 Å². The van der Waals surface area contributed by atoms with Crippen LogP contribution in [0.5, 0.6) is 5.88 Å². The van der Waals surface area contributed by atoms with E-state index in [4.69, 9.17) is 15.2 Å². The molecule has 0 radical (unpaired) electrons. The summed E-state index contributed by atoms with van der Waals surface area (Å²) < 4.78 is 10.2. The van der Waals surface area contributed by atoms with E-state index in [-0.39, 0.29) is 12.5 Å². The molecule has 0 aliphatic rings. The normalized spacial score (nSPS) is 10.2. The number of likely N-dealkylation sites (N-methyl/N-ethyl adjacent to an activating group) is 1. The highest BCUT2D eigenvalue weighted by Crippen LogP contribution is 2.22. The number of rotatable bonds is 8. The number of nitrogen functional groups attached to an aromatic ring is 1. The number of carbonyl (C=O) groups is 1. The van der Waals surface area contributed by atoms with Crippen molar-refractivity contribution in [2.24, 2.45) is 0 Å². The van der Waals surface area contributed by atoms with Crippen molar-refractivity contribution < 1.29 is 14.3 Å².